The van der Waals surface area contributed by atoms with Gasteiger partial charge in [0.25, 0.3) is 0 Å². The van der Waals surface area contributed by atoms with Crippen LogP contribution in [0.2, 0.25) is 0 Å². The van der Waals surface area contributed by atoms with Gasteiger partial charge in [0.1, 0.15) is 18.5 Å². The van der Waals surface area contributed by atoms with Gasteiger partial charge in [-0.05, 0) is 30.2 Å². The smallest absolute Gasteiger partial charge is 0.204 e. The number of tetrazole rings is 1. The number of para-hydroxylation sites is 1. The standard InChI is InChI=1S/C20H22N4O2/c1-3-6-16-7-4-5-8-19(16)26-14-18(25)13-24-22-20(21-23-24)17-11-9-15(2)10-12-17/h3-5,7-12,18,25H,1,6,13-14H2,2H3. The number of hydrogen-bond donors (Lipinski definition) is 1. The summed E-state index contributed by atoms with van der Waals surface area (Å²) in [5.41, 5.74) is 3.10. The van der Waals surface area contributed by atoms with Crippen molar-refractivity contribution in [3.63, 3.8) is 0 Å². The highest BCUT2D eigenvalue weighted by molar-refractivity contribution is 5.53. The number of nitrogens with zero attached hydrogens (tertiary/aromatic N) is 4. The van der Waals surface area contributed by atoms with Gasteiger partial charge < -0.3 is 9.84 Å². The maximum absolute atomic E-state index is 10.2. The van der Waals surface area contributed by atoms with Crippen molar-refractivity contribution in [1.82, 2.24) is 20.2 Å². The highest BCUT2D eigenvalue weighted by Crippen LogP contribution is 2.19. The molecule has 6 heteroatoms. The second-order valence-electron chi connectivity index (χ2n) is 6.10. The van der Waals surface area contributed by atoms with E-state index in [2.05, 4.69) is 22.0 Å². The molecule has 0 spiro atoms. The van der Waals surface area contributed by atoms with Gasteiger partial charge in [-0.3, -0.25) is 0 Å². The lowest BCUT2D eigenvalue weighted by atomic mass is 10.1. The Morgan fingerprint density at radius 3 is 2.73 bits per heavy atom. The molecule has 0 aliphatic carbocycles. The summed E-state index contributed by atoms with van der Waals surface area (Å²) < 4.78 is 5.74. The minimum Gasteiger partial charge on any atom is -0.491 e. The molecule has 0 saturated heterocycles. The monoisotopic (exact) mass is 350 g/mol. The first kappa shape index (κ1) is 17.8. The summed E-state index contributed by atoms with van der Waals surface area (Å²) >= 11 is 0. The molecule has 134 valence electrons. The number of aliphatic hydroxyl groups excluding tert-OH is 1. The van der Waals surface area contributed by atoms with E-state index in [9.17, 15) is 5.11 Å². The molecular formula is C20H22N4O2. The predicted octanol–water partition coefficient (Wildman–Crippen LogP) is 2.82. The number of aryl methyl sites for hydroxylation is 1. The molecule has 0 amide bonds. The number of benzene rings is 2. The van der Waals surface area contributed by atoms with Gasteiger partial charge in [-0.25, -0.2) is 0 Å². The van der Waals surface area contributed by atoms with Crippen LogP contribution in [0.15, 0.2) is 61.2 Å². The Labute approximate surface area is 152 Å². The van der Waals surface area contributed by atoms with E-state index in [0.717, 1.165) is 23.3 Å². The number of aromatic nitrogens is 4. The summed E-state index contributed by atoms with van der Waals surface area (Å²) in [4.78, 5) is 1.39. The van der Waals surface area contributed by atoms with E-state index in [1.807, 2.05) is 61.5 Å². The van der Waals surface area contributed by atoms with Crippen molar-refractivity contribution in [3.05, 3.63) is 72.3 Å². The quantitative estimate of drug-likeness (QED) is 0.633. The molecule has 1 heterocycles. The summed E-state index contributed by atoms with van der Waals surface area (Å²) in [7, 11) is 0. The highest BCUT2D eigenvalue weighted by Gasteiger charge is 2.12. The second kappa shape index (κ2) is 8.40. The van der Waals surface area contributed by atoms with Gasteiger partial charge >= 0.3 is 0 Å². The average molecular weight is 350 g/mol. The minimum absolute atomic E-state index is 0.148. The SMILES string of the molecule is C=CCc1ccccc1OCC(O)Cn1nnc(-c2ccc(C)cc2)n1. The van der Waals surface area contributed by atoms with Crippen LogP contribution in [-0.2, 0) is 13.0 Å². The molecule has 1 atom stereocenters. The van der Waals surface area contributed by atoms with Gasteiger partial charge in [-0.1, -0.05) is 54.1 Å². The molecule has 1 N–H and O–H groups in total. The third-order valence-electron chi connectivity index (χ3n) is 3.90. The fourth-order valence-electron chi connectivity index (χ4n) is 2.53. The average Bonchev–Trinajstić information content (AvgIpc) is 3.10. The Kier molecular flexibility index (Phi) is 5.76. The lowest BCUT2D eigenvalue weighted by molar-refractivity contribution is 0.0846. The van der Waals surface area contributed by atoms with Crippen molar-refractivity contribution < 1.29 is 9.84 Å². The van der Waals surface area contributed by atoms with E-state index in [1.54, 1.807) is 0 Å². The Bertz CT molecular complexity index is 858. The molecule has 0 saturated carbocycles. The summed E-state index contributed by atoms with van der Waals surface area (Å²) in [6.07, 6.45) is 1.80. The zero-order valence-electron chi connectivity index (χ0n) is 14.7. The topological polar surface area (TPSA) is 73.1 Å². The molecule has 3 aromatic rings. The van der Waals surface area contributed by atoms with Crippen LogP contribution in [0, 0.1) is 6.92 Å². The van der Waals surface area contributed by atoms with Crippen molar-refractivity contribution in [1.29, 1.82) is 0 Å². The molecule has 0 aliphatic rings. The van der Waals surface area contributed by atoms with Crippen LogP contribution >= 0.6 is 0 Å². The van der Waals surface area contributed by atoms with Gasteiger partial charge in [0.2, 0.25) is 5.82 Å². The fourth-order valence-corrected chi connectivity index (χ4v) is 2.53. The Morgan fingerprint density at radius 2 is 1.96 bits per heavy atom. The van der Waals surface area contributed by atoms with Gasteiger partial charge in [0, 0.05) is 5.56 Å². The third-order valence-corrected chi connectivity index (χ3v) is 3.90. The van der Waals surface area contributed by atoms with Crippen LogP contribution in [0.3, 0.4) is 0 Å². The number of aliphatic hydroxyl groups is 1. The van der Waals surface area contributed by atoms with E-state index in [0.29, 0.717) is 5.82 Å². The zero-order valence-corrected chi connectivity index (χ0v) is 14.7. The Balaban J connectivity index is 1.58. The molecule has 0 fully saturated rings. The van der Waals surface area contributed by atoms with Crippen molar-refractivity contribution in [3.8, 4) is 17.1 Å². The van der Waals surface area contributed by atoms with Gasteiger partial charge in [-0.2, -0.15) is 4.80 Å². The largest absolute Gasteiger partial charge is 0.491 e. The summed E-state index contributed by atoms with van der Waals surface area (Å²) in [5, 5.41) is 22.6. The number of rotatable bonds is 8. The first-order valence-corrected chi connectivity index (χ1v) is 8.50. The maximum Gasteiger partial charge on any atom is 0.204 e. The molecule has 0 bridgehead atoms. The second-order valence-corrected chi connectivity index (χ2v) is 6.10. The van der Waals surface area contributed by atoms with Gasteiger partial charge in [0.05, 0.1) is 6.54 Å². The van der Waals surface area contributed by atoms with Crippen LogP contribution in [0.5, 0.6) is 5.75 Å². The van der Waals surface area contributed by atoms with E-state index in [4.69, 9.17) is 4.74 Å². The lowest BCUT2D eigenvalue weighted by Crippen LogP contribution is -2.25. The molecule has 3 rings (SSSR count). The molecule has 6 nitrogen and oxygen atoms in total. The fraction of sp³-hybridized carbons (Fsp3) is 0.250. The van der Waals surface area contributed by atoms with E-state index >= 15 is 0 Å². The van der Waals surface area contributed by atoms with Crippen LogP contribution in [0.4, 0.5) is 0 Å². The molecule has 0 aliphatic heterocycles. The van der Waals surface area contributed by atoms with Gasteiger partial charge in [-0.15, -0.1) is 16.8 Å². The highest BCUT2D eigenvalue weighted by atomic mass is 16.5. The van der Waals surface area contributed by atoms with Crippen LogP contribution in [-0.4, -0.2) is 38.0 Å². The van der Waals surface area contributed by atoms with Crippen LogP contribution < -0.4 is 4.74 Å². The Hall–Kier alpha value is -2.99. The molecule has 26 heavy (non-hydrogen) atoms. The molecule has 2 aromatic carbocycles. The first-order valence-electron chi connectivity index (χ1n) is 8.50. The lowest BCUT2D eigenvalue weighted by Gasteiger charge is -2.13. The van der Waals surface area contributed by atoms with E-state index < -0.39 is 6.10 Å². The third kappa shape index (κ3) is 4.55. The maximum atomic E-state index is 10.2. The summed E-state index contributed by atoms with van der Waals surface area (Å²) in [6.45, 7) is 6.13. The summed E-state index contributed by atoms with van der Waals surface area (Å²) in [5.74, 6) is 1.28. The normalized spacial score (nSPS) is 11.9. The number of hydrogen-bond acceptors (Lipinski definition) is 5. The van der Waals surface area contributed by atoms with Crippen LogP contribution in [0.25, 0.3) is 11.4 Å². The van der Waals surface area contributed by atoms with E-state index in [-0.39, 0.29) is 13.2 Å². The number of allylic oxidation sites excluding steroid dienone is 1. The molecule has 1 unspecified atom stereocenters. The Morgan fingerprint density at radius 1 is 1.19 bits per heavy atom. The number of ether oxygens (including phenoxy) is 1. The van der Waals surface area contributed by atoms with Gasteiger partial charge in [0.15, 0.2) is 0 Å². The minimum atomic E-state index is -0.744. The van der Waals surface area contributed by atoms with Crippen molar-refractivity contribution in [2.75, 3.05) is 6.61 Å². The molecule has 1 aromatic heterocycles. The van der Waals surface area contributed by atoms with Crippen molar-refractivity contribution >= 4 is 0 Å². The molecular weight excluding hydrogens is 328 g/mol. The molecule has 0 radical (unpaired) electrons. The first-order chi connectivity index (χ1) is 12.7. The van der Waals surface area contributed by atoms with E-state index in [1.165, 1.54) is 10.4 Å². The van der Waals surface area contributed by atoms with Crippen LogP contribution in [0.1, 0.15) is 11.1 Å². The summed E-state index contributed by atoms with van der Waals surface area (Å²) in [6, 6.07) is 15.6. The predicted molar refractivity (Wildman–Crippen MR) is 99.8 cm³/mol. The zero-order chi connectivity index (χ0) is 18.4. The van der Waals surface area contributed by atoms with Crippen molar-refractivity contribution in [2.24, 2.45) is 0 Å². The van der Waals surface area contributed by atoms with Crippen molar-refractivity contribution in [2.45, 2.75) is 26.0 Å².